The zero-order chi connectivity index (χ0) is 20.7. The van der Waals surface area contributed by atoms with Crippen LogP contribution in [0.2, 0.25) is 0 Å². The number of nitrogens with one attached hydrogen (secondary N) is 1. The smallest absolute Gasteiger partial charge is 0.341 e. The highest BCUT2D eigenvalue weighted by Crippen LogP contribution is 2.15. The van der Waals surface area contributed by atoms with Crippen LogP contribution in [0.1, 0.15) is 29.3 Å². The van der Waals surface area contributed by atoms with E-state index in [1.54, 1.807) is 0 Å². The Morgan fingerprint density at radius 1 is 1.18 bits per heavy atom. The summed E-state index contributed by atoms with van der Waals surface area (Å²) in [5.74, 6) is -2.68. The van der Waals surface area contributed by atoms with Crippen LogP contribution in [-0.2, 0) is 26.0 Å². The van der Waals surface area contributed by atoms with Gasteiger partial charge in [0, 0.05) is 6.04 Å². The van der Waals surface area contributed by atoms with Crippen molar-refractivity contribution in [1.29, 1.82) is 0 Å². The molecule has 0 aromatic heterocycles. The number of amides is 1. The van der Waals surface area contributed by atoms with Gasteiger partial charge in [0.05, 0.1) is 10.5 Å². The highest BCUT2D eigenvalue weighted by Gasteiger charge is 2.19. The minimum atomic E-state index is -4.11. The summed E-state index contributed by atoms with van der Waals surface area (Å²) in [6.07, 6.45) is 1.46. The molecule has 0 aliphatic rings. The van der Waals surface area contributed by atoms with Crippen LogP contribution >= 0.6 is 0 Å². The summed E-state index contributed by atoms with van der Waals surface area (Å²) in [6.45, 7) is 1.20. The van der Waals surface area contributed by atoms with E-state index in [-0.39, 0.29) is 6.04 Å². The molecule has 0 spiro atoms. The Bertz CT molecular complexity index is 948. The van der Waals surface area contributed by atoms with Gasteiger partial charge in [-0.3, -0.25) is 4.79 Å². The summed E-state index contributed by atoms with van der Waals surface area (Å²) in [5.41, 5.74) is 0.525. The standard InChI is InChI=1S/C19H21FN2O5S/c1-13(7-8-14-5-3-2-4-6-14)22-18(23)12-27-19(24)16-11-15(28(21,25)26)9-10-17(16)20/h2-6,9-11,13H,7-8,12H2,1H3,(H,22,23)(H2,21,25,26)/t13-/m1/s1. The van der Waals surface area contributed by atoms with Crippen LogP contribution in [0.25, 0.3) is 0 Å². The summed E-state index contributed by atoms with van der Waals surface area (Å²) in [5, 5.41) is 7.64. The molecule has 1 amide bonds. The molecule has 2 aromatic carbocycles. The zero-order valence-electron chi connectivity index (χ0n) is 15.2. The maximum Gasteiger partial charge on any atom is 0.341 e. The fourth-order valence-corrected chi connectivity index (χ4v) is 3.00. The number of rotatable bonds is 8. The highest BCUT2D eigenvalue weighted by molar-refractivity contribution is 7.89. The largest absolute Gasteiger partial charge is 0.452 e. The molecule has 0 aliphatic heterocycles. The van der Waals surface area contributed by atoms with E-state index >= 15 is 0 Å². The van der Waals surface area contributed by atoms with Gasteiger partial charge in [-0.25, -0.2) is 22.7 Å². The Labute approximate surface area is 162 Å². The predicted octanol–water partition coefficient (Wildman–Crippen LogP) is 1.77. The van der Waals surface area contributed by atoms with Crippen LogP contribution in [0.5, 0.6) is 0 Å². The number of benzene rings is 2. The first-order valence-electron chi connectivity index (χ1n) is 8.49. The molecule has 9 heteroatoms. The molecule has 7 nitrogen and oxygen atoms in total. The van der Waals surface area contributed by atoms with Crippen molar-refractivity contribution < 1.29 is 27.1 Å². The molecule has 0 fully saturated rings. The SMILES string of the molecule is C[C@H](CCc1ccccc1)NC(=O)COC(=O)c1cc(S(N)(=O)=O)ccc1F. The molecule has 0 radical (unpaired) electrons. The molecular formula is C19H21FN2O5S. The summed E-state index contributed by atoms with van der Waals surface area (Å²) >= 11 is 0. The first-order chi connectivity index (χ1) is 13.2. The third kappa shape index (κ3) is 6.43. The van der Waals surface area contributed by atoms with Crippen molar-refractivity contribution in [2.24, 2.45) is 5.14 Å². The number of aryl methyl sites for hydroxylation is 1. The summed E-state index contributed by atoms with van der Waals surface area (Å²) in [7, 11) is -4.11. The van der Waals surface area contributed by atoms with E-state index in [9.17, 15) is 22.4 Å². The lowest BCUT2D eigenvalue weighted by Gasteiger charge is -2.14. The second-order valence-corrected chi connectivity index (χ2v) is 7.82. The van der Waals surface area contributed by atoms with Crippen molar-refractivity contribution in [2.75, 3.05) is 6.61 Å². The maximum absolute atomic E-state index is 13.8. The van der Waals surface area contributed by atoms with E-state index in [0.29, 0.717) is 6.42 Å². The first kappa shape index (κ1) is 21.5. The topological polar surface area (TPSA) is 116 Å². The van der Waals surface area contributed by atoms with Crippen molar-refractivity contribution in [1.82, 2.24) is 5.32 Å². The van der Waals surface area contributed by atoms with Crippen LogP contribution in [0, 0.1) is 5.82 Å². The second kappa shape index (κ2) is 9.43. The fourth-order valence-electron chi connectivity index (χ4n) is 2.46. The molecule has 0 saturated carbocycles. The fraction of sp³-hybridized carbons (Fsp3) is 0.263. The monoisotopic (exact) mass is 408 g/mol. The van der Waals surface area contributed by atoms with Gasteiger partial charge in [-0.2, -0.15) is 0 Å². The Morgan fingerprint density at radius 2 is 1.86 bits per heavy atom. The molecule has 150 valence electrons. The number of nitrogens with two attached hydrogens (primary N) is 1. The normalized spacial score (nSPS) is 12.2. The lowest BCUT2D eigenvalue weighted by atomic mass is 10.1. The van der Waals surface area contributed by atoms with Crippen molar-refractivity contribution in [3.05, 3.63) is 65.5 Å². The number of ether oxygens (including phenoxy) is 1. The number of halogens is 1. The minimum Gasteiger partial charge on any atom is -0.452 e. The van der Waals surface area contributed by atoms with Gasteiger partial charge < -0.3 is 10.1 Å². The van der Waals surface area contributed by atoms with Gasteiger partial charge in [0.1, 0.15) is 5.82 Å². The lowest BCUT2D eigenvalue weighted by Crippen LogP contribution is -2.36. The molecular weight excluding hydrogens is 387 g/mol. The van der Waals surface area contributed by atoms with Crippen molar-refractivity contribution in [2.45, 2.75) is 30.7 Å². The van der Waals surface area contributed by atoms with Crippen LogP contribution in [0.4, 0.5) is 4.39 Å². The molecule has 0 aliphatic carbocycles. The number of sulfonamides is 1. The Hall–Kier alpha value is -2.78. The second-order valence-electron chi connectivity index (χ2n) is 6.26. The number of primary sulfonamides is 1. The summed E-state index contributed by atoms with van der Waals surface area (Å²) in [6, 6.07) is 12.1. The van der Waals surface area contributed by atoms with Gasteiger partial charge in [-0.05, 0) is 43.5 Å². The molecule has 0 saturated heterocycles. The number of hydrogen-bond acceptors (Lipinski definition) is 5. The Kier molecular flexibility index (Phi) is 7.24. The molecule has 0 unspecified atom stereocenters. The highest BCUT2D eigenvalue weighted by atomic mass is 32.2. The maximum atomic E-state index is 13.8. The van der Waals surface area contributed by atoms with Gasteiger partial charge in [-0.1, -0.05) is 30.3 Å². The molecule has 3 N–H and O–H groups in total. The molecule has 2 rings (SSSR count). The van der Waals surface area contributed by atoms with E-state index in [1.165, 1.54) is 0 Å². The molecule has 2 aromatic rings. The van der Waals surface area contributed by atoms with Crippen LogP contribution < -0.4 is 10.5 Å². The van der Waals surface area contributed by atoms with E-state index in [0.717, 1.165) is 30.2 Å². The van der Waals surface area contributed by atoms with Crippen molar-refractivity contribution in [3.63, 3.8) is 0 Å². The van der Waals surface area contributed by atoms with Crippen molar-refractivity contribution in [3.8, 4) is 0 Å². The Balaban J connectivity index is 1.86. The van der Waals surface area contributed by atoms with Gasteiger partial charge in [-0.15, -0.1) is 0 Å². The van der Waals surface area contributed by atoms with E-state index in [4.69, 9.17) is 9.88 Å². The zero-order valence-corrected chi connectivity index (χ0v) is 16.0. The van der Waals surface area contributed by atoms with Crippen LogP contribution in [0.15, 0.2) is 53.4 Å². The van der Waals surface area contributed by atoms with Crippen LogP contribution in [-0.4, -0.2) is 32.9 Å². The van der Waals surface area contributed by atoms with Crippen molar-refractivity contribution >= 4 is 21.9 Å². The van der Waals surface area contributed by atoms with Gasteiger partial charge in [0.25, 0.3) is 5.91 Å². The van der Waals surface area contributed by atoms with Gasteiger partial charge >= 0.3 is 5.97 Å². The predicted molar refractivity (Wildman–Crippen MR) is 100 cm³/mol. The van der Waals surface area contributed by atoms with Gasteiger partial charge in [0.2, 0.25) is 10.0 Å². The number of carbonyl (C=O) groups excluding carboxylic acids is 2. The molecule has 28 heavy (non-hydrogen) atoms. The number of esters is 1. The number of carbonyl (C=O) groups is 2. The average Bonchev–Trinajstić information content (AvgIpc) is 2.64. The summed E-state index contributed by atoms with van der Waals surface area (Å²) < 4.78 is 41.2. The quantitative estimate of drug-likeness (QED) is 0.646. The number of hydrogen-bond donors (Lipinski definition) is 2. The lowest BCUT2D eigenvalue weighted by molar-refractivity contribution is -0.124. The molecule has 0 bridgehead atoms. The third-order valence-electron chi connectivity index (χ3n) is 3.94. The minimum absolute atomic E-state index is 0.158. The molecule has 1 atom stereocenters. The Morgan fingerprint density at radius 3 is 2.50 bits per heavy atom. The van der Waals surface area contributed by atoms with E-state index in [1.807, 2.05) is 37.3 Å². The average molecular weight is 408 g/mol. The van der Waals surface area contributed by atoms with Crippen LogP contribution in [0.3, 0.4) is 0 Å². The third-order valence-corrected chi connectivity index (χ3v) is 4.85. The van der Waals surface area contributed by atoms with Gasteiger partial charge in [0.15, 0.2) is 6.61 Å². The van der Waals surface area contributed by atoms with E-state index < -0.39 is 44.8 Å². The summed E-state index contributed by atoms with van der Waals surface area (Å²) in [4.78, 5) is 23.5. The first-order valence-corrected chi connectivity index (χ1v) is 10.0. The van der Waals surface area contributed by atoms with E-state index in [2.05, 4.69) is 5.32 Å². The molecule has 0 heterocycles.